The van der Waals surface area contributed by atoms with Gasteiger partial charge < -0.3 is 24.3 Å². The number of rotatable bonds is 12. The second-order valence-corrected chi connectivity index (χ2v) is 6.37. The first kappa shape index (κ1) is 23.8. The van der Waals surface area contributed by atoms with E-state index in [2.05, 4.69) is 5.32 Å². The Morgan fingerprint density at radius 1 is 0.903 bits per heavy atom. The van der Waals surface area contributed by atoms with Gasteiger partial charge in [-0.05, 0) is 62.7 Å². The molecule has 0 saturated heterocycles. The van der Waals surface area contributed by atoms with Gasteiger partial charge >= 0.3 is 0 Å². The summed E-state index contributed by atoms with van der Waals surface area (Å²) in [6.45, 7) is 6.98. The molecule has 0 aliphatic rings. The summed E-state index contributed by atoms with van der Waals surface area (Å²) >= 11 is 0. The van der Waals surface area contributed by atoms with Gasteiger partial charge in [-0.3, -0.25) is 9.59 Å². The molecule has 0 atom stereocenters. The van der Waals surface area contributed by atoms with Crippen molar-refractivity contribution in [2.45, 2.75) is 20.8 Å². The molecule has 0 spiro atoms. The minimum Gasteiger partial charge on any atom is -0.494 e. The number of ketones is 1. The number of ether oxygens (including phenoxy) is 4. The number of allylic oxidation sites excluding steroid dienone is 1. The van der Waals surface area contributed by atoms with Crippen LogP contribution in [0.2, 0.25) is 0 Å². The van der Waals surface area contributed by atoms with E-state index in [0.29, 0.717) is 48.3 Å². The molecular formula is C24H29NO6. The average Bonchev–Trinajstić information content (AvgIpc) is 2.77. The summed E-state index contributed by atoms with van der Waals surface area (Å²) in [5.74, 6) is 1.61. The van der Waals surface area contributed by atoms with Crippen molar-refractivity contribution in [1.29, 1.82) is 0 Å². The third kappa shape index (κ3) is 7.06. The number of hydrogen-bond acceptors (Lipinski definition) is 6. The van der Waals surface area contributed by atoms with Gasteiger partial charge in [-0.25, -0.2) is 0 Å². The van der Waals surface area contributed by atoms with E-state index in [1.54, 1.807) is 42.5 Å². The van der Waals surface area contributed by atoms with Crippen LogP contribution in [0.3, 0.4) is 0 Å². The molecule has 0 heterocycles. The van der Waals surface area contributed by atoms with Crippen LogP contribution < -0.4 is 24.3 Å². The lowest BCUT2D eigenvalue weighted by Gasteiger charge is -2.11. The third-order valence-electron chi connectivity index (χ3n) is 4.17. The quantitative estimate of drug-likeness (QED) is 0.409. The number of carbonyl (C=O) groups excluding carboxylic acids is 2. The molecule has 0 aliphatic heterocycles. The van der Waals surface area contributed by atoms with Gasteiger partial charge in [0.2, 0.25) is 0 Å². The molecule has 2 aromatic rings. The Kier molecular flexibility index (Phi) is 9.42. The van der Waals surface area contributed by atoms with Gasteiger partial charge in [0.1, 0.15) is 11.5 Å². The van der Waals surface area contributed by atoms with E-state index in [0.717, 1.165) is 5.56 Å². The summed E-state index contributed by atoms with van der Waals surface area (Å²) in [5, 5.41) is 2.67. The standard InChI is InChI=1S/C24H29NO6/c1-5-25-24(27)16-31-22-12-9-17(14-23(22)28-4)8-11-20(26)19-15-18(29-6-2)10-13-21(19)30-7-3/h8-15H,5-7,16H2,1-4H3,(H,25,27)/b11-8+. The van der Waals surface area contributed by atoms with E-state index in [4.69, 9.17) is 18.9 Å². The summed E-state index contributed by atoms with van der Waals surface area (Å²) in [6, 6.07) is 10.4. The van der Waals surface area contributed by atoms with Gasteiger partial charge in [0.15, 0.2) is 23.9 Å². The number of benzene rings is 2. The molecule has 0 aliphatic carbocycles. The van der Waals surface area contributed by atoms with Crippen LogP contribution in [0.25, 0.3) is 6.08 Å². The average molecular weight is 427 g/mol. The lowest BCUT2D eigenvalue weighted by Crippen LogP contribution is -2.28. The molecule has 2 aromatic carbocycles. The number of hydrogen-bond donors (Lipinski definition) is 1. The summed E-state index contributed by atoms with van der Waals surface area (Å²) in [4.78, 5) is 24.4. The fourth-order valence-corrected chi connectivity index (χ4v) is 2.80. The van der Waals surface area contributed by atoms with E-state index in [9.17, 15) is 9.59 Å². The molecule has 1 amide bonds. The molecule has 0 fully saturated rings. The number of carbonyl (C=O) groups is 2. The van der Waals surface area contributed by atoms with E-state index >= 15 is 0 Å². The molecule has 166 valence electrons. The molecule has 1 N–H and O–H groups in total. The maximum absolute atomic E-state index is 12.8. The Morgan fingerprint density at radius 2 is 1.65 bits per heavy atom. The zero-order valence-electron chi connectivity index (χ0n) is 18.4. The highest BCUT2D eigenvalue weighted by Crippen LogP contribution is 2.29. The molecule has 0 saturated carbocycles. The first-order chi connectivity index (χ1) is 15.0. The first-order valence-electron chi connectivity index (χ1n) is 10.2. The Labute approximate surface area is 183 Å². The van der Waals surface area contributed by atoms with Crippen LogP contribution in [0, 0.1) is 0 Å². The fraction of sp³-hybridized carbons (Fsp3) is 0.333. The maximum atomic E-state index is 12.8. The van der Waals surface area contributed by atoms with Crippen LogP contribution in [0.4, 0.5) is 0 Å². The second-order valence-electron chi connectivity index (χ2n) is 6.37. The van der Waals surface area contributed by atoms with Crippen LogP contribution in [0.5, 0.6) is 23.0 Å². The van der Waals surface area contributed by atoms with Crippen molar-refractivity contribution in [1.82, 2.24) is 5.32 Å². The summed E-state index contributed by atoms with van der Waals surface area (Å²) in [7, 11) is 1.51. The van der Waals surface area contributed by atoms with E-state index < -0.39 is 0 Å². The summed E-state index contributed by atoms with van der Waals surface area (Å²) < 4.78 is 21.9. The third-order valence-corrected chi connectivity index (χ3v) is 4.17. The minimum atomic E-state index is -0.210. The van der Waals surface area contributed by atoms with Crippen molar-refractivity contribution in [3.63, 3.8) is 0 Å². The van der Waals surface area contributed by atoms with Gasteiger partial charge in [0.05, 0.1) is 25.9 Å². The highest BCUT2D eigenvalue weighted by atomic mass is 16.5. The van der Waals surface area contributed by atoms with Crippen molar-refractivity contribution in [3.05, 3.63) is 53.6 Å². The predicted molar refractivity (Wildman–Crippen MR) is 119 cm³/mol. The maximum Gasteiger partial charge on any atom is 0.257 e. The Balaban J connectivity index is 2.18. The lowest BCUT2D eigenvalue weighted by molar-refractivity contribution is -0.123. The SMILES string of the molecule is CCNC(=O)COc1ccc(/C=C/C(=O)c2cc(OCC)ccc2OCC)cc1OC. The van der Waals surface area contributed by atoms with Crippen LogP contribution >= 0.6 is 0 Å². The second kappa shape index (κ2) is 12.3. The summed E-state index contributed by atoms with van der Waals surface area (Å²) in [6.07, 6.45) is 3.15. The zero-order chi connectivity index (χ0) is 22.6. The lowest BCUT2D eigenvalue weighted by atomic mass is 10.1. The topological polar surface area (TPSA) is 83.1 Å². The number of methoxy groups -OCH3 is 1. The van der Waals surface area contributed by atoms with Gasteiger partial charge in [-0.15, -0.1) is 0 Å². The Morgan fingerprint density at radius 3 is 2.32 bits per heavy atom. The largest absolute Gasteiger partial charge is 0.494 e. The monoisotopic (exact) mass is 427 g/mol. The summed E-state index contributed by atoms with van der Waals surface area (Å²) in [5.41, 5.74) is 1.17. The molecule has 31 heavy (non-hydrogen) atoms. The van der Waals surface area contributed by atoms with E-state index in [-0.39, 0.29) is 18.3 Å². The first-order valence-corrected chi connectivity index (χ1v) is 10.2. The highest BCUT2D eigenvalue weighted by molar-refractivity contribution is 6.09. The highest BCUT2D eigenvalue weighted by Gasteiger charge is 2.13. The minimum absolute atomic E-state index is 0.103. The van der Waals surface area contributed by atoms with Gasteiger partial charge in [0.25, 0.3) is 5.91 Å². The van der Waals surface area contributed by atoms with Crippen molar-refractivity contribution >= 4 is 17.8 Å². The van der Waals surface area contributed by atoms with E-state index in [1.807, 2.05) is 20.8 Å². The van der Waals surface area contributed by atoms with Crippen molar-refractivity contribution in [2.75, 3.05) is 33.5 Å². The molecule has 0 bridgehead atoms. The van der Waals surface area contributed by atoms with Crippen LogP contribution in [0.15, 0.2) is 42.5 Å². The Bertz CT molecular complexity index is 922. The van der Waals surface area contributed by atoms with Crippen LogP contribution in [-0.4, -0.2) is 45.2 Å². The van der Waals surface area contributed by atoms with Crippen molar-refractivity contribution in [2.24, 2.45) is 0 Å². The van der Waals surface area contributed by atoms with Gasteiger partial charge in [-0.2, -0.15) is 0 Å². The number of likely N-dealkylation sites (N-methyl/N-ethyl adjacent to an activating group) is 1. The predicted octanol–water partition coefficient (Wildman–Crippen LogP) is 3.90. The van der Waals surface area contributed by atoms with Crippen molar-refractivity contribution < 1.29 is 28.5 Å². The molecule has 0 aromatic heterocycles. The smallest absolute Gasteiger partial charge is 0.257 e. The number of nitrogens with one attached hydrogen (secondary N) is 1. The molecule has 2 rings (SSSR count). The molecular weight excluding hydrogens is 398 g/mol. The molecule has 0 unspecified atom stereocenters. The number of amides is 1. The van der Waals surface area contributed by atoms with Crippen LogP contribution in [0.1, 0.15) is 36.7 Å². The molecule has 0 radical (unpaired) electrons. The molecule has 7 nitrogen and oxygen atoms in total. The zero-order valence-corrected chi connectivity index (χ0v) is 18.4. The Hall–Kier alpha value is -3.48. The van der Waals surface area contributed by atoms with Gasteiger partial charge in [0, 0.05) is 6.54 Å². The fourth-order valence-electron chi connectivity index (χ4n) is 2.80. The van der Waals surface area contributed by atoms with Crippen LogP contribution in [-0.2, 0) is 4.79 Å². The van der Waals surface area contributed by atoms with E-state index in [1.165, 1.54) is 13.2 Å². The van der Waals surface area contributed by atoms with Crippen molar-refractivity contribution in [3.8, 4) is 23.0 Å². The molecule has 7 heteroatoms. The normalized spacial score (nSPS) is 10.6. The van der Waals surface area contributed by atoms with Gasteiger partial charge in [-0.1, -0.05) is 12.1 Å².